The van der Waals surface area contributed by atoms with Gasteiger partial charge in [-0.15, -0.1) is 0 Å². The summed E-state index contributed by atoms with van der Waals surface area (Å²) >= 11 is 0.979. The molecular formula is C17H18F3N3O2S. The Bertz CT molecular complexity index is 836. The molecule has 1 amide bonds. The SMILES string of the molecule is CCCc1cc(=O)[nH]c(S[C@@H](C)C(=O)Nc2ccccc2C(F)(F)F)n1. The molecule has 1 atom stereocenters. The minimum Gasteiger partial charge on any atom is -0.325 e. The number of nitrogens with one attached hydrogen (secondary N) is 2. The van der Waals surface area contributed by atoms with E-state index in [1.54, 1.807) is 0 Å². The molecule has 26 heavy (non-hydrogen) atoms. The van der Waals surface area contributed by atoms with Crippen molar-refractivity contribution in [2.45, 2.75) is 43.3 Å². The van der Waals surface area contributed by atoms with E-state index < -0.39 is 22.9 Å². The van der Waals surface area contributed by atoms with Gasteiger partial charge in [0, 0.05) is 11.8 Å². The van der Waals surface area contributed by atoms with E-state index in [1.807, 2.05) is 6.92 Å². The second-order valence-electron chi connectivity index (χ2n) is 5.58. The van der Waals surface area contributed by atoms with Crippen molar-refractivity contribution in [1.29, 1.82) is 0 Å². The van der Waals surface area contributed by atoms with Crippen LogP contribution >= 0.6 is 11.8 Å². The molecule has 9 heteroatoms. The van der Waals surface area contributed by atoms with Gasteiger partial charge in [-0.3, -0.25) is 9.59 Å². The smallest absolute Gasteiger partial charge is 0.325 e. The number of carbonyl (C=O) groups excluding carboxylic acids is 1. The largest absolute Gasteiger partial charge is 0.418 e. The van der Waals surface area contributed by atoms with Crippen LogP contribution < -0.4 is 10.9 Å². The molecule has 2 rings (SSSR count). The van der Waals surface area contributed by atoms with Crippen LogP contribution in [0, 0.1) is 0 Å². The van der Waals surface area contributed by atoms with Crippen molar-refractivity contribution in [3.8, 4) is 0 Å². The highest BCUT2D eigenvalue weighted by atomic mass is 32.2. The highest BCUT2D eigenvalue weighted by Gasteiger charge is 2.33. The van der Waals surface area contributed by atoms with Crippen molar-refractivity contribution in [1.82, 2.24) is 9.97 Å². The number of nitrogens with zero attached hydrogens (tertiary/aromatic N) is 1. The molecule has 0 unspecified atom stereocenters. The van der Waals surface area contributed by atoms with Crippen molar-refractivity contribution in [2.75, 3.05) is 5.32 Å². The van der Waals surface area contributed by atoms with Gasteiger partial charge in [0.1, 0.15) is 0 Å². The fourth-order valence-corrected chi connectivity index (χ4v) is 3.05. The maximum Gasteiger partial charge on any atom is 0.418 e. The summed E-state index contributed by atoms with van der Waals surface area (Å²) in [4.78, 5) is 30.7. The van der Waals surface area contributed by atoms with Crippen LogP contribution in [0.4, 0.5) is 18.9 Å². The third-order valence-corrected chi connectivity index (χ3v) is 4.41. The Morgan fingerprint density at radius 2 is 2.04 bits per heavy atom. The van der Waals surface area contributed by atoms with Crippen LogP contribution in [-0.4, -0.2) is 21.1 Å². The summed E-state index contributed by atoms with van der Waals surface area (Å²) in [5.41, 5.74) is -0.949. The van der Waals surface area contributed by atoms with E-state index in [2.05, 4.69) is 15.3 Å². The second-order valence-corrected chi connectivity index (χ2v) is 6.91. The number of benzene rings is 1. The number of amides is 1. The second kappa shape index (κ2) is 8.39. The molecule has 140 valence electrons. The third kappa shape index (κ3) is 5.35. The molecule has 0 saturated heterocycles. The predicted molar refractivity (Wildman–Crippen MR) is 94.2 cm³/mol. The number of carbonyl (C=O) groups is 1. The first-order valence-corrected chi connectivity index (χ1v) is 8.82. The summed E-state index contributed by atoms with van der Waals surface area (Å²) in [6.07, 6.45) is -3.14. The Kier molecular flexibility index (Phi) is 6.47. The van der Waals surface area contributed by atoms with Gasteiger partial charge in [-0.05, 0) is 25.5 Å². The normalized spacial score (nSPS) is 12.7. The maximum atomic E-state index is 13.0. The Balaban J connectivity index is 2.13. The quantitative estimate of drug-likeness (QED) is 0.585. The summed E-state index contributed by atoms with van der Waals surface area (Å²) in [6.45, 7) is 3.48. The molecule has 0 radical (unpaired) electrons. The number of alkyl halides is 3. The van der Waals surface area contributed by atoms with Crippen molar-refractivity contribution < 1.29 is 18.0 Å². The summed E-state index contributed by atoms with van der Waals surface area (Å²) < 4.78 is 39.0. The number of hydrogen-bond donors (Lipinski definition) is 2. The van der Waals surface area contributed by atoms with Gasteiger partial charge in [0.05, 0.1) is 16.5 Å². The van der Waals surface area contributed by atoms with Gasteiger partial charge in [0.25, 0.3) is 5.56 Å². The van der Waals surface area contributed by atoms with Gasteiger partial charge in [-0.25, -0.2) is 4.98 Å². The molecule has 2 aromatic rings. The van der Waals surface area contributed by atoms with E-state index in [0.717, 1.165) is 24.2 Å². The van der Waals surface area contributed by atoms with Gasteiger partial charge in [-0.1, -0.05) is 37.2 Å². The predicted octanol–water partition coefficient (Wildman–Crippen LogP) is 3.86. The number of aromatic nitrogens is 2. The molecule has 0 aliphatic heterocycles. The number of H-pyrrole nitrogens is 1. The Morgan fingerprint density at radius 1 is 1.35 bits per heavy atom. The zero-order chi connectivity index (χ0) is 19.3. The fraction of sp³-hybridized carbons (Fsp3) is 0.353. The van der Waals surface area contributed by atoms with Gasteiger partial charge in [0.2, 0.25) is 5.91 Å². The summed E-state index contributed by atoms with van der Waals surface area (Å²) in [5, 5.41) is 1.80. The molecule has 0 aliphatic carbocycles. The standard InChI is InChI=1S/C17H18F3N3O2S/c1-3-6-11-9-14(24)23-16(21-11)26-10(2)15(25)22-13-8-5-4-7-12(13)17(18,19)20/h4-5,7-10H,3,6H2,1-2H3,(H,22,25)(H,21,23,24)/t10-/m0/s1. The fourth-order valence-electron chi connectivity index (χ4n) is 2.22. The third-order valence-electron chi connectivity index (χ3n) is 3.43. The lowest BCUT2D eigenvalue weighted by atomic mass is 10.1. The average Bonchev–Trinajstić information content (AvgIpc) is 2.54. The molecule has 1 aromatic heterocycles. The Hall–Kier alpha value is -2.29. The van der Waals surface area contributed by atoms with Crippen molar-refractivity contribution in [3.05, 3.63) is 51.9 Å². The van der Waals surface area contributed by atoms with Gasteiger partial charge >= 0.3 is 6.18 Å². The summed E-state index contributed by atoms with van der Waals surface area (Å²) in [6, 6.07) is 6.15. The van der Waals surface area contributed by atoms with Crippen LogP contribution in [0.15, 0.2) is 40.3 Å². The molecule has 0 bridgehead atoms. The topological polar surface area (TPSA) is 74.8 Å². The maximum absolute atomic E-state index is 13.0. The van der Waals surface area contributed by atoms with E-state index in [-0.39, 0.29) is 16.4 Å². The van der Waals surface area contributed by atoms with Crippen LogP contribution in [0.2, 0.25) is 0 Å². The molecule has 0 saturated carbocycles. The van der Waals surface area contributed by atoms with Crippen LogP contribution in [0.5, 0.6) is 0 Å². The van der Waals surface area contributed by atoms with Gasteiger partial charge < -0.3 is 10.3 Å². The Labute approximate surface area is 152 Å². The van der Waals surface area contributed by atoms with E-state index in [0.29, 0.717) is 12.1 Å². The minimum atomic E-state index is -4.57. The van der Waals surface area contributed by atoms with Crippen LogP contribution in [-0.2, 0) is 17.4 Å². The zero-order valence-electron chi connectivity index (χ0n) is 14.2. The lowest BCUT2D eigenvalue weighted by Gasteiger charge is -2.16. The number of para-hydroxylation sites is 1. The number of rotatable bonds is 6. The van der Waals surface area contributed by atoms with Crippen LogP contribution in [0.25, 0.3) is 0 Å². The monoisotopic (exact) mass is 385 g/mol. The van der Waals surface area contributed by atoms with Crippen molar-refractivity contribution >= 4 is 23.4 Å². The number of aromatic amines is 1. The zero-order valence-corrected chi connectivity index (χ0v) is 15.0. The number of hydrogen-bond acceptors (Lipinski definition) is 4. The van der Waals surface area contributed by atoms with Crippen LogP contribution in [0.3, 0.4) is 0 Å². The molecular weight excluding hydrogens is 367 g/mol. The summed E-state index contributed by atoms with van der Waals surface area (Å²) in [7, 11) is 0. The van der Waals surface area contributed by atoms with E-state index in [4.69, 9.17) is 0 Å². The molecule has 0 spiro atoms. The molecule has 0 fully saturated rings. The van der Waals surface area contributed by atoms with Gasteiger partial charge in [0.15, 0.2) is 5.16 Å². The number of aryl methyl sites for hydroxylation is 1. The highest BCUT2D eigenvalue weighted by molar-refractivity contribution is 8.00. The molecule has 2 N–H and O–H groups in total. The van der Waals surface area contributed by atoms with E-state index in [9.17, 15) is 22.8 Å². The number of anilines is 1. The first-order valence-electron chi connectivity index (χ1n) is 7.94. The lowest BCUT2D eigenvalue weighted by Crippen LogP contribution is -2.25. The highest BCUT2D eigenvalue weighted by Crippen LogP contribution is 2.35. The minimum absolute atomic E-state index is 0.257. The van der Waals surface area contributed by atoms with E-state index >= 15 is 0 Å². The van der Waals surface area contributed by atoms with Crippen molar-refractivity contribution in [2.24, 2.45) is 0 Å². The van der Waals surface area contributed by atoms with E-state index in [1.165, 1.54) is 31.2 Å². The first kappa shape index (κ1) is 20.0. The number of thioether (sulfide) groups is 1. The van der Waals surface area contributed by atoms with Crippen LogP contribution in [0.1, 0.15) is 31.5 Å². The molecule has 0 aliphatic rings. The first-order chi connectivity index (χ1) is 12.2. The molecule has 5 nitrogen and oxygen atoms in total. The van der Waals surface area contributed by atoms with Gasteiger partial charge in [-0.2, -0.15) is 13.2 Å². The summed E-state index contributed by atoms with van der Waals surface area (Å²) in [5.74, 6) is -0.616. The van der Waals surface area contributed by atoms with Crippen molar-refractivity contribution in [3.63, 3.8) is 0 Å². The lowest BCUT2D eigenvalue weighted by molar-refractivity contribution is -0.137. The Morgan fingerprint density at radius 3 is 2.69 bits per heavy atom. The molecule has 1 aromatic carbocycles. The molecule has 1 heterocycles. The average molecular weight is 385 g/mol. The number of halogens is 3.